The van der Waals surface area contributed by atoms with Crippen LogP contribution in [-0.2, 0) is 9.57 Å². The van der Waals surface area contributed by atoms with Crippen molar-refractivity contribution in [2.45, 2.75) is 85.9 Å². The van der Waals surface area contributed by atoms with Crippen LogP contribution in [-0.4, -0.2) is 24.9 Å². The summed E-state index contributed by atoms with van der Waals surface area (Å²) in [6.45, 7) is 17.3. The molecule has 1 rings (SSSR count). The highest BCUT2D eigenvalue weighted by atomic mass is 16.7. The number of hydroxylamine groups is 1. The number of ether oxygens (including phenoxy) is 1. The van der Waals surface area contributed by atoms with Gasteiger partial charge in [0.05, 0.1) is 18.3 Å². The van der Waals surface area contributed by atoms with E-state index in [0.29, 0.717) is 24.5 Å². The Balaban J connectivity index is 2.25. The number of hydrogen-bond acceptors (Lipinski definition) is 3. The van der Waals surface area contributed by atoms with Gasteiger partial charge in [0.2, 0.25) is 0 Å². The maximum atomic E-state index is 6.37. The lowest BCUT2D eigenvalue weighted by Crippen LogP contribution is -2.42. The third kappa shape index (κ3) is 7.43. The fraction of sp³-hybridized carbons (Fsp3) is 1.00. The summed E-state index contributed by atoms with van der Waals surface area (Å²) < 4.78 is 6.37. The number of nitrogens with one attached hydrogen (secondary N) is 1. The highest BCUT2D eigenvalue weighted by Crippen LogP contribution is 2.33. The minimum Gasteiger partial charge on any atom is -0.370 e. The summed E-state index contributed by atoms with van der Waals surface area (Å²) in [5.74, 6) is 2.80. The van der Waals surface area contributed by atoms with Crippen molar-refractivity contribution in [3.8, 4) is 0 Å². The molecule has 4 unspecified atom stereocenters. The molecule has 0 aromatic rings. The van der Waals surface area contributed by atoms with Gasteiger partial charge in [-0.15, -0.1) is 0 Å². The smallest absolute Gasteiger partial charge is 0.0967 e. The summed E-state index contributed by atoms with van der Waals surface area (Å²) >= 11 is 0. The molecule has 0 radical (unpaired) electrons. The van der Waals surface area contributed by atoms with Crippen molar-refractivity contribution in [3.63, 3.8) is 0 Å². The maximum absolute atomic E-state index is 6.37. The fourth-order valence-corrected chi connectivity index (χ4v) is 3.46. The molecule has 1 aliphatic rings. The Kier molecular flexibility index (Phi) is 8.37. The van der Waals surface area contributed by atoms with Gasteiger partial charge in [0, 0.05) is 6.54 Å². The lowest BCUT2D eigenvalue weighted by Gasteiger charge is -2.39. The van der Waals surface area contributed by atoms with Crippen LogP contribution in [0.4, 0.5) is 0 Å². The Labute approximate surface area is 138 Å². The van der Waals surface area contributed by atoms with Crippen molar-refractivity contribution >= 4 is 0 Å². The second-order valence-electron chi connectivity index (χ2n) is 8.56. The minimum absolute atomic E-state index is 0.232. The van der Waals surface area contributed by atoms with Gasteiger partial charge < -0.3 is 4.74 Å². The highest BCUT2D eigenvalue weighted by Gasteiger charge is 2.32. The molecule has 0 bridgehead atoms. The molecule has 1 N–H and O–H groups in total. The van der Waals surface area contributed by atoms with E-state index in [4.69, 9.17) is 9.57 Å². The van der Waals surface area contributed by atoms with Crippen LogP contribution in [0.5, 0.6) is 0 Å². The summed E-state index contributed by atoms with van der Waals surface area (Å²) in [5.41, 5.74) is 2.89. The van der Waals surface area contributed by atoms with Crippen LogP contribution >= 0.6 is 0 Å². The third-order valence-corrected chi connectivity index (χ3v) is 4.93. The van der Waals surface area contributed by atoms with E-state index in [1.54, 1.807) is 0 Å². The topological polar surface area (TPSA) is 30.5 Å². The van der Waals surface area contributed by atoms with Crippen molar-refractivity contribution in [3.05, 3.63) is 0 Å². The molecule has 0 heterocycles. The van der Waals surface area contributed by atoms with E-state index in [2.05, 4.69) is 53.9 Å². The van der Waals surface area contributed by atoms with Crippen LogP contribution in [0, 0.1) is 23.7 Å². The van der Waals surface area contributed by atoms with Crippen molar-refractivity contribution < 1.29 is 9.57 Å². The van der Waals surface area contributed by atoms with Crippen LogP contribution in [0.15, 0.2) is 0 Å². The van der Waals surface area contributed by atoms with Crippen molar-refractivity contribution in [2.75, 3.05) is 13.2 Å². The fourth-order valence-electron chi connectivity index (χ4n) is 3.46. The Morgan fingerprint density at radius 3 is 2.45 bits per heavy atom. The van der Waals surface area contributed by atoms with E-state index in [0.717, 1.165) is 18.4 Å². The first-order valence-corrected chi connectivity index (χ1v) is 9.23. The van der Waals surface area contributed by atoms with E-state index in [9.17, 15) is 0 Å². The zero-order valence-corrected chi connectivity index (χ0v) is 15.9. The quantitative estimate of drug-likeness (QED) is 0.489. The average molecular weight is 314 g/mol. The molecule has 0 aromatic carbocycles. The van der Waals surface area contributed by atoms with Crippen LogP contribution in [0.25, 0.3) is 0 Å². The zero-order valence-electron chi connectivity index (χ0n) is 15.9. The van der Waals surface area contributed by atoms with Gasteiger partial charge in [0.25, 0.3) is 0 Å². The molecule has 3 heteroatoms. The van der Waals surface area contributed by atoms with Gasteiger partial charge in [-0.3, -0.25) is 4.84 Å². The molecule has 0 aliphatic heterocycles. The summed E-state index contributed by atoms with van der Waals surface area (Å²) in [5, 5.41) is 0. The highest BCUT2D eigenvalue weighted by molar-refractivity contribution is 4.81. The van der Waals surface area contributed by atoms with Gasteiger partial charge in [-0.2, -0.15) is 0 Å². The lowest BCUT2D eigenvalue weighted by molar-refractivity contribution is -0.155. The van der Waals surface area contributed by atoms with Crippen LogP contribution < -0.4 is 5.48 Å². The largest absolute Gasteiger partial charge is 0.370 e. The van der Waals surface area contributed by atoms with E-state index in [-0.39, 0.29) is 5.60 Å². The predicted octanol–water partition coefficient (Wildman–Crippen LogP) is 4.81. The Bertz CT molecular complexity index is 304. The van der Waals surface area contributed by atoms with E-state index in [1.807, 2.05) is 0 Å². The SMILES string of the molecule is CC(C)CC(C)CNOCC(C)(C)OC1CCCC(C)C1C. The summed E-state index contributed by atoms with van der Waals surface area (Å²) in [7, 11) is 0. The summed E-state index contributed by atoms with van der Waals surface area (Å²) in [4.78, 5) is 5.68. The Morgan fingerprint density at radius 2 is 1.82 bits per heavy atom. The van der Waals surface area contributed by atoms with Crippen molar-refractivity contribution in [1.82, 2.24) is 5.48 Å². The first-order valence-electron chi connectivity index (χ1n) is 9.23. The van der Waals surface area contributed by atoms with Crippen LogP contribution in [0.2, 0.25) is 0 Å². The minimum atomic E-state index is -0.232. The van der Waals surface area contributed by atoms with Crippen molar-refractivity contribution in [2.24, 2.45) is 23.7 Å². The summed E-state index contributed by atoms with van der Waals surface area (Å²) in [6.07, 6.45) is 5.43. The van der Waals surface area contributed by atoms with Gasteiger partial charge in [-0.25, -0.2) is 5.48 Å². The lowest BCUT2D eigenvalue weighted by atomic mass is 9.79. The molecular weight excluding hydrogens is 274 g/mol. The Morgan fingerprint density at radius 1 is 1.14 bits per heavy atom. The summed E-state index contributed by atoms with van der Waals surface area (Å²) in [6, 6.07) is 0. The molecule has 0 spiro atoms. The second-order valence-corrected chi connectivity index (χ2v) is 8.56. The number of hydrogen-bond donors (Lipinski definition) is 1. The zero-order chi connectivity index (χ0) is 16.8. The Hall–Kier alpha value is -0.120. The molecule has 3 nitrogen and oxygen atoms in total. The molecule has 132 valence electrons. The number of rotatable bonds is 9. The molecule has 0 saturated heterocycles. The standard InChI is InChI=1S/C19H39NO2/c1-14(2)11-15(3)12-20-21-13-19(6,7)22-18-10-8-9-16(4)17(18)5/h14-18,20H,8-13H2,1-7H3. The molecule has 1 fully saturated rings. The third-order valence-electron chi connectivity index (χ3n) is 4.93. The first-order chi connectivity index (χ1) is 10.2. The van der Waals surface area contributed by atoms with Gasteiger partial charge in [-0.1, -0.05) is 47.5 Å². The molecule has 1 aliphatic carbocycles. The molecule has 22 heavy (non-hydrogen) atoms. The second kappa shape index (κ2) is 9.24. The molecular formula is C19H39NO2. The van der Waals surface area contributed by atoms with Gasteiger partial charge in [0.1, 0.15) is 0 Å². The first kappa shape index (κ1) is 19.9. The molecule has 0 aromatic heterocycles. The maximum Gasteiger partial charge on any atom is 0.0967 e. The van der Waals surface area contributed by atoms with E-state index >= 15 is 0 Å². The van der Waals surface area contributed by atoms with Gasteiger partial charge in [-0.05, 0) is 50.4 Å². The molecule has 1 saturated carbocycles. The van der Waals surface area contributed by atoms with Gasteiger partial charge >= 0.3 is 0 Å². The van der Waals surface area contributed by atoms with Crippen LogP contribution in [0.1, 0.15) is 74.1 Å². The average Bonchev–Trinajstić information content (AvgIpc) is 2.39. The molecule has 4 atom stereocenters. The predicted molar refractivity (Wildman–Crippen MR) is 93.7 cm³/mol. The van der Waals surface area contributed by atoms with E-state index < -0.39 is 0 Å². The normalized spacial score (nSPS) is 28.1. The van der Waals surface area contributed by atoms with Gasteiger partial charge in [0.15, 0.2) is 0 Å². The van der Waals surface area contributed by atoms with E-state index in [1.165, 1.54) is 25.7 Å². The monoisotopic (exact) mass is 313 g/mol. The van der Waals surface area contributed by atoms with Crippen LogP contribution in [0.3, 0.4) is 0 Å². The van der Waals surface area contributed by atoms with Crippen molar-refractivity contribution in [1.29, 1.82) is 0 Å². The molecule has 0 amide bonds.